The third-order valence-corrected chi connectivity index (χ3v) is 2.66. The topological polar surface area (TPSA) is 47.9 Å². The van der Waals surface area contributed by atoms with Gasteiger partial charge < -0.3 is 9.47 Å². The van der Waals surface area contributed by atoms with Crippen LogP contribution < -0.4 is 0 Å². The van der Waals surface area contributed by atoms with Crippen molar-refractivity contribution in [1.29, 1.82) is 0 Å². The number of allylic oxidation sites excluding steroid dienone is 1. The molecule has 0 spiro atoms. The van der Waals surface area contributed by atoms with Crippen molar-refractivity contribution >= 4 is 12.2 Å². The van der Waals surface area contributed by atoms with Gasteiger partial charge in [0.25, 0.3) is 0 Å². The maximum Gasteiger partial charge on any atom is 0.318 e. The average Bonchev–Trinajstić information content (AvgIpc) is 2.89. The van der Waals surface area contributed by atoms with Crippen LogP contribution >= 0.6 is 0 Å². The summed E-state index contributed by atoms with van der Waals surface area (Å²) in [6, 6.07) is 0. The molecule has 0 bridgehead atoms. The molecule has 2 heterocycles. The van der Waals surface area contributed by atoms with Gasteiger partial charge in [0.2, 0.25) is 0 Å². The number of cyclic esters (lactones) is 1. The van der Waals surface area contributed by atoms with Crippen molar-refractivity contribution in [3.8, 4) is 0 Å². The van der Waals surface area contributed by atoms with E-state index in [1.807, 2.05) is 19.9 Å². The second-order valence-corrected chi connectivity index (χ2v) is 4.66. The van der Waals surface area contributed by atoms with Crippen molar-refractivity contribution in [2.75, 3.05) is 6.61 Å². The molecule has 0 saturated heterocycles. The Kier molecular flexibility index (Phi) is 2.38. The van der Waals surface area contributed by atoms with Gasteiger partial charge in [0, 0.05) is 5.41 Å². The summed E-state index contributed by atoms with van der Waals surface area (Å²) < 4.78 is 10.5. The molecule has 2 rings (SSSR count). The molecule has 2 aliphatic rings. The zero-order chi connectivity index (χ0) is 11.1. The fourth-order valence-corrected chi connectivity index (χ4v) is 1.61. The van der Waals surface area contributed by atoms with E-state index in [-0.39, 0.29) is 23.5 Å². The van der Waals surface area contributed by atoms with E-state index in [9.17, 15) is 4.79 Å². The average molecular weight is 209 g/mol. The molecule has 2 unspecified atom stereocenters. The maximum atomic E-state index is 11.5. The fraction of sp³-hybridized carbons (Fsp3) is 0.636. The van der Waals surface area contributed by atoms with Crippen LogP contribution in [0.1, 0.15) is 20.8 Å². The van der Waals surface area contributed by atoms with E-state index in [1.165, 1.54) is 0 Å². The summed E-state index contributed by atoms with van der Waals surface area (Å²) in [6.45, 7) is 6.28. The predicted octanol–water partition coefficient (Wildman–Crippen LogP) is 1.52. The minimum absolute atomic E-state index is 0.0632. The van der Waals surface area contributed by atoms with Gasteiger partial charge in [-0.3, -0.25) is 9.79 Å². The van der Waals surface area contributed by atoms with Crippen molar-refractivity contribution < 1.29 is 14.3 Å². The van der Waals surface area contributed by atoms with E-state index in [4.69, 9.17) is 9.47 Å². The Bertz CT molecular complexity index is 338. The summed E-state index contributed by atoms with van der Waals surface area (Å²) in [4.78, 5) is 15.4. The van der Waals surface area contributed by atoms with Gasteiger partial charge in [-0.2, -0.15) is 0 Å². The lowest BCUT2D eigenvalue weighted by Gasteiger charge is -2.27. The summed E-state index contributed by atoms with van der Waals surface area (Å²) in [7, 11) is 0. The SMILES string of the molecule is CC1=CC(C(C)(C)COC2C=N2)C(=O)O1. The minimum Gasteiger partial charge on any atom is -0.431 e. The van der Waals surface area contributed by atoms with Gasteiger partial charge in [-0.15, -0.1) is 0 Å². The first-order valence-electron chi connectivity index (χ1n) is 5.04. The van der Waals surface area contributed by atoms with Crippen LogP contribution in [0.2, 0.25) is 0 Å². The molecular formula is C11H15NO3. The van der Waals surface area contributed by atoms with Gasteiger partial charge in [-0.25, -0.2) is 0 Å². The third-order valence-electron chi connectivity index (χ3n) is 2.66. The van der Waals surface area contributed by atoms with Crippen LogP contribution in [0.3, 0.4) is 0 Å². The van der Waals surface area contributed by atoms with Crippen LogP contribution in [0, 0.1) is 11.3 Å². The number of carbonyl (C=O) groups is 1. The van der Waals surface area contributed by atoms with Crippen LogP contribution in [-0.2, 0) is 14.3 Å². The largest absolute Gasteiger partial charge is 0.431 e. The van der Waals surface area contributed by atoms with E-state index in [2.05, 4.69) is 4.99 Å². The summed E-state index contributed by atoms with van der Waals surface area (Å²) in [5, 5.41) is 0. The Balaban J connectivity index is 1.96. The molecule has 0 saturated carbocycles. The normalized spacial score (nSPS) is 29.0. The Labute approximate surface area is 89.0 Å². The molecule has 82 valence electrons. The summed E-state index contributed by atoms with van der Waals surface area (Å²) in [6.07, 6.45) is 3.54. The third kappa shape index (κ3) is 2.26. The Morgan fingerprint density at radius 3 is 2.73 bits per heavy atom. The van der Waals surface area contributed by atoms with Crippen LogP contribution in [-0.4, -0.2) is 25.0 Å². The van der Waals surface area contributed by atoms with E-state index in [0.717, 1.165) is 0 Å². The van der Waals surface area contributed by atoms with Crippen LogP contribution in [0.5, 0.6) is 0 Å². The van der Waals surface area contributed by atoms with Crippen molar-refractivity contribution in [3.63, 3.8) is 0 Å². The molecule has 0 amide bonds. The van der Waals surface area contributed by atoms with Gasteiger partial charge >= 0.3 is 5.97 Å². The van der Waals surface area contributed by atoms with Gasteiger partial charge in [0.1, 0.15) is 5.76 Å². The highest BCUT2D eigenvalue weighted by Gasteiger charge is 2.39. The molecule has 0 aromatic rings. The van der Waals surface area contributed by atoms with Gasteiger partial charge in [-0.05, 0) is 13.0 Å². The molecule has 2 aliphatic heterocycles. The molecule has 0 aromatic carbocycles. The van der Waals surface area contributed by atoms with Crippen molar-refractivity contribution in [2.24, 2.45) is 16.3 Å². The highest BCUT2D eigenvalue weighted by atomic mass is 16.5. The second-order valence-electron chi connectivity index (χ2n) is 4.66. The standard InChI is InChI=1S/C11H15NO3/c1-7-4-8(10(13)15-7)11(2,3)6-14-9-5-12-9/h4-5,8-9H,6H2,1-3H3. The van der Waals surface area contributed by atoms with E-state index < -0.39 is 0 Å². The Morgan fingerprint density at radius 1 is 1.60 bits per heavy atom. The number of rotatable bonds is 4. The van der Waals surface area contributed by atoms with E-state index in [1.54, 1.807) is 13.1 Å². The molecule has 0 aliphatic carbocycles. The lowest BCUT2D eigenvalue weighted by atomic mass is 9.80. The highest BCUT2D eigenvalue weighted by Crippen LogP contribution is 2.35. The van der Waals surface area contributed by atoms with Gasteiger partial charge in [-0.1, -0.05) is 13.8 Å². The number of hydrogen-bond donors (Lipinski definition) is 0. The zero-order valence-electron chi connectivity index (χ0n) is 9.19. The smallest absolute Gasteiger partial charge is 0.318 e. The minimum atomic E-state index is -0.249. The number of aliphatic imine (C=N–C) groups is 1. The van der Waals surface area contributed by atoms with Crippen molar-refractivity contribution in [1.82, 2.24) is 0 Å². The first kappa shape index (κ1) is 10.4. The van der Waals surface area contributed by atoms with Crippen LogP contribution in [0.25, 0.3) is 0 Å². The molecule has 15 heavy (non-hydrogen) atoms. The molecule has 0 aromatic heterocycles. The van der Waals surface area contributed by atoms with Gasteiger partial charge in [0.05, 0.1) is 18.7 Å². The van der Waals surface area contributed by atoms with Gasteiger partial charge in [0.15, 0.2) is 6.23 Å². The Morgan fingerprint density at radius 2 is 2.27 bits per heavy atom. The number of carbonyl (C=O) groups excluding carboxylic acids is 1. The van der Waals surface area contributed by atoms with Crippen LogP contribution in [0.15, 0.2) is 16.8 Å². The number of hydrogen-bond acceptors (Lipinski definition) is 4. The molecule has 2 atom stereocenters. The molecular weight excluding hydrogens is 194 g/mol. The molecule has 0 radical (unpaired) electrons. The quantitative estimate of drug-likeness (QED) is 0.659. The predicted molar refractivity (Wildman–Crippen MR) is 55.4 cm³/mol. The van der Waals surface area contributed by atoms with E-state index >= 15 is 0 Å². The Hall–Kier alpha value is -1.16. The zero-order valence-corrected chi connectivity index (χ0v) is 9.19. The highest BCUT2D eigenvalue weighted by molar-refractivity contribution is 5.79. The maximum absolute atomic E-state index is 11.5. The number of nitrogens with zero attached hydrogens (tertiary/aromatic N) is 1. The summed E-state index contributed by atoms with van der Waals surface area (Å²) >= 11 is 0. The monoisotopic (exact) mass is 209 g/mol. The molecule has 0 N–H and O–H groups in total. The first-order chi connectivity index (χ1) is 6.99. The molecule has 4 nitrogen and oxygen atoms in total. The van der Waals surface area contributed by atoms with Crippen LogP contribution in [0.4, 0.5) is 0 Å². The molecule has 0 fully saturated rings. The lowest BCUT2D eigenvalue weighted by molar-refractivity contribution is -0.144. The van der Waals surface area contributed by atoms with Crippen molar-refractivity contribution in [2.45, 2.75) is 27.0 Å². The number of esters is 1. The lowest BCUT2D eigenvalue weighted by Crippen LogP contribution is -2.32. The van der Waals surface area contributed by atoms with Crippen molar-refractivity contribution in [3.05, 3.63) is 11.8 Å². The first-order valence-corrected chi connectivity index (χ1v) is 5.04. The molecule has 4 heteroatoms. The summed E-state index contributed by atoms with van der Waals surface area (Å²) in [5.74, 6) is 0.287. The number of ether oxygens (including phenoxy) is 2. The van der Waals surface area contributed by atoms with E-state index in [0.29, 0.717) is 12.4 Å². The second kappa shape index (κ2) is 3.45. The fourth-order valence-electron chi connectivity index (χ4n) is 1.61. The summed E-state index contributed by atoms with van der Waals surface area (Å²) in [5.41, 5.74) is -0.249.